The average Bonchev–Trinajstić information content (AvgIpc) is 2.26. The van der Waals surface area contributed by atoms with Crippen LogP contribution in [-0.4, -0.2) is 34.6 Å². The first kappa shape index (κ1) is 7.68. The summed E-state index contributed by atoms with van der Waals surface area (Å²) in [6, 6.07) is -1.71. The molecule has 0 saturated carbocycles. The minimum Gasteiger partial charge on any atom is -0.357 e. The van der Waals surface area contributed by atoms with Gasteiger partial charge in [0, 0.05) is 0 Å². The Morgan fingerprint density at radius 1 is 1.23 bits per heavy atom. The van der Waals surface area contributed by atoms with Crippen molar-refractivity contribution < 1.29 is 19.5 Å². The van der Waals surface area contributed by atoms with Gasteiger partial charge in [-0.2, -0.15) is 4.99 Å². The summed E-state index contributed by atoms with van der Waals surface area (Å²) in [6.45, 7) is 0. The normalized spacial score (nSPS) is 31.5. The third-order valence-corrected chi connectivity index (χ3v) is 1.63. The third-order valence-electron chi connectivity index (χ3n) is 1.63. The highest BCUT2D eigenvalue weighted by Crippen LogP contribution is 2.12. The molecule has 2 aliphatic rings. The summed E-state index contributed by atoms with van der Waals surface area (Å²) in [7, 11) is 0. The number of carbonyl (C=O) groups is 3. The third kappa shape index (κ3) is 0.888. The number of fused-ring (bicyclic) bond motifs is 1. The standard InChI is InChI=1S/C5H4N4O4/c10-2-5(13)1(6-3(11)8-2)7-4(12)9-5/h13H,(H3,6,7,8,9,10,11,12)/t5-/m0/s1. The van der Waals surface area contributed by atoms with Crippen molar-refractivity contribution in [3.63, 3.8) is 0 Å². The quantitative estimate of drug-likeness (QED) is 0.336. The van der Waals surface area contributed by atoms with E-state index in [4.69, 9.17) is 0 Å². The van der Waals surface area contributed by atoms with Crippen molar-refractivity contribution in [3.05, 3.63) is 0 Å². The second-order valence-corrected chi connectivity index (χ2v) is 2.51. The minimum atomic E-state index is -2.23. The molecule has 5 amide bonds. The summed E-state index contributed by atoms with van der Waals surface area (Å²) >= 11 is 0. The summed E-state index contributed by atoms with van der Waals surface area (Å²) in [5, 5.41) is 15.2. The number of aliphatic hydroxyl groups is 1. The van der Waals surface area contributed by atoms with Crippen LogP contribution in [0, 0.1) is 0 Å². The Morgan fingerprint density at radius 3 is 2.62 bits per heavy atom. The lowest BCUT2D eigenvalue weighted by atomic mass is 10.1. The maximum Gasteiger partial charge on any atom is 0.345 e. The van der Waals surface area contributed by atoms with Gasteiger partial charge in [0.15, 0.2) is 5.84 Å². The zero-order valence-corrected chi connectivity index (χ0v) is 6.12. The van der Waals surface area contributed by atoms with E-state index in [1.807, 2.05) is 10.6 Å². The summed E-state index contributed by atoms with van der Waals surface area (Å²) < 4.78 is 0. The van der Waals surface area contributed by atoms with Gasteiger partial charge in [-0.15, -0.1) is 0 Å². The minimum absolute atomic E-state index is 0.397. The highest BCUT2D eigenvalue weighted by molar-refractivity contribution is 6.27. The highest BCUT2D eigenvalue weighted by Gasteiger charge is 2.52. The monoisotopic (exact) mass is 184 g/mol. The van der Waals surface area contributed by atoms with Crippen LogP contribution in [0.4, 0.5) is 9.59 Å². The van der Waals surface area contributed by atoms with Gasteiger partial charge in [0.2, 0.25) is 0 Å². The van der Waals surface area contributed by atoms with Gasteiger partial charge in [0.25, 0.3) is 11.6 Å². The van der Waals surface area contributed by atoms with Crippen molar-refractivity contribution in [2.75, 3.05) is 0 Å². The first-order valence-corrected chi connectivity index (χ1v) is 3.28. The number of hydrogen-bond acceptors (Lipinski definition) is 4. The Labute approximate surface area is 71.0 Å². The summed E-state index contributed by atoms with van der Waals surface area (Å²) in [6.07, 6.45) is 0. The van der Waals surface area contributed by atoms with Crippen molar-refractivity contribution in [1.29, 1.82) is 0 Å². The van der Waals surface area contributed by atoms with Crippen molar-refractivity contribution in [3.8, 4) is 0 Å². The first-order valence-electron chi connectivity index (χ1n) is 3.28. The lowest BCUT2D eigenvalue weighted by Crippen LogP contribution is -2.70. The van der Waals surface area contributed by atoms with Gasteiger partial charge >= 0.3 is 12.1 Å². The van der Waals surface area contributed by atoms with E-state index >= 15 is 0 Å². The van der Waals surface area contributed by atoms with E-state index in [2.05, 4.69) is 4.99 Å². The number of hydrogen-bond donors (Lipinski definition) is 4. The molecule has 0 bridgehead atoms. The Bertz CT molecular complexity index is 362. The van der Waals surface area contributed by atoms with Crippen LogP contribution in [0.25, 0.3) is 0 Å². The Morgan fingerprint density at radius 2 is 1.92 bits per heavy atom. The van der Waals surface area contributed by atoms with Crippen molar-refractivity contribution in [2.24, 2.45) is 4.99 Å². The molecule has 0 aromatic carbocycles. The van der Waals surface area contributed by atoms with Gasteiger partial charge in [-0.05, 0) is 0 Å². The molecule has 2 rings (SSSR count). The van der Waals surface area contributed by atoms with E-state index < -0.39 is 29.5 Å². The number of aliphatic imine (C=N–C) groups is 1. The molecular formula is C5H4N4O4. The number of amides is 5. The number of nitrogens with one attached hydrogen (secondary N) is 3. The zero-order chi connectivity index (χ0) is 9.64. The molecule has 0 radical (unpaired) electrons. The molecule has 2 aliphatic heterocycles. The van der Waals surface area contributed by atoms with E-state index in [0.29, 0.717) is 0 Å². The second kappa shape index (κ2) is 2.04. The molecule has 1 saturated heterocycles. The van der Waals surface area contributed by atoms with Crippen LogP contribution >= 0.6 is 0 Å². The molecule has 8 heteroatoms. The molecule has 1 fully saturated rings. The van der Waals surface area contributed by atoms with Crippen molar-refractivity contribution >= 4 is 23.8 Å². The summed E-state index contributed by atoms with van der Waals surface area (Å²) in [5.74, 6) is -1.42. The largest absolute Gasteiger partial charge is 0.357 e. The number of carbonyl (C=O) groups excluding carboxylic acids is 3. The fourth-order valence-electron chi connectivity index (χ4n) is 1.04. The Kier molecular flexibility index (Phi) is 1.21. The number of amidine groups is 1. The van der Waals surface area contributed by atoms with Gasteiger partial charge in [-0.1, -0.05) is 0 Å². The van der Waals surface area contributed by atoms with Crippen LogP contribution in [0.1, 0.15) is 0 Å². The topological polar surface area (TPSA) is 120 Å². The molecule has 68 valence electrons. The molecule has 0 spiro atoms. The predicted octanol–water partition coefficient (Wildman–Crippen LogP) is -2.36. The van der Waals surface area contributed by atoms with Crippen LogP contribution in [0.5, 0.6) is 0 Å². The number of nitrogens with zero attached hydrogens (tertiary/aromatic N) is 1. The van der Waals surface area contributed by atoms with E-state index in [1.54, 1.807) is 5.32 Å². The second-order valence-electron chi connectivity index (χ2n) is 2.51. The zero-order valence-electron chi connectivity index (χ0n) is 6.12. The molecule has 13 heavy (non-hydrogen) atoms. The maximum atomic E-state index is 11.0. The van der Waals surface area contributed by atoms with Gasteiger partial charge in [0.1, 0.15) is 0 Å². The fourth-order valence-corrected chi connectivity index (χ4v) is 1.04. The van der Waals surface area contributed by atoms with Crippen molar-refractivity contribution in [2.45, 2.75) is 5.72 Å². The van der Waals surface area contributed by atoms with E-state index in [9.17, 15) is 19.5 Å². The maximum absolute atomic E-state index is 11.0. The Balaban J connectivity index is 2.44. The van der Waals surface area contributed by atoms with Crippen LogP contribution in [0.15, 0.2) is 4.99 Å². The first-order chi connectivity index (χ1) is 6.02. The van der Waals surface area contributed by atoms with Crippen LogP contribution in [0.2, 0.25) is 0 Å². The molecule has 4 N–H and O–H groups in total. The number of imide groups is 1. The van der Waals surface area contributed by atoms with E-state index in [0.717, 1.165) is 0 Å². The van der Waals surface area contributed by atoms with Gasteiger partial charge < -0.3 is 5.11 Å². The molecule has 1 atom stereocenters. The summed E-state index contributed by atoms with van der Waals surface area (Å²) in [4.78, 5) is 35.6. The molecule has 8 nitrogen and oxygen atoms in total. The number of urea groups is 2. The molecule has 2 heterocycles. The molecule has 0 aliphatic carbocycles. The van der Waals surface area contributed by atoms with E-state index in [1.165, 1.54) is 0 Å². The Hall–Kier alpha value is -1.96. The van der Waals surface area contributed by atoms with Crippen LogP contribution < -0.4 is 16.0 Å². The molecular weight excluding hydrogens is 180 g/mol. The highest BCUT2D eigenvalue weighted by atomic mass is 16.3. The molecule has 0 unspecified atom stereocenters. The van der Waals surface area contributed by atoms with E-state index in [-0.39, 0.29) is 0 Å². The van der Waals surface area contributed by atoms with Crippen LogP contribution in [0.3, 0.4) is 0 Å². The summed E-state index contributed by atoms with van der Waals surface area (Å²) in [5.41, 5.74) is -2.23. The molecule has 0 aromatic rings. The van der Waals surface area contributed by atoms with Crippen molar-refractivity contribution in [1.82, 2.24) is 16.0 Å². The van der Waals surface area contributed by atoms with Gasteiger partial charge in [0.05, 0.1) is 0 Å². The fraction of sp³-hybridized carbons (Fsp3) is 0.200. The van der Waals surface area contributed by atoms with Crippen LogP contribution in [-0.2, 0) is 4.79 Å². The molecule has 0 aromatic heterocycles. The smallest absolute Gasteiger partial charge is 0.345 e. The lowest BCUT2D eigenvalue weighted by Gasteiger charge is -2.26. The lowest BCUT2D eigenvalue weighted by molar-refractivity contribution is -0.134. The number of rotatable bonds is 0. The van der Waals surface area contributed by atoms with Gasteiger partial charge in [-0.25, -0.2) is 9.59 Å². The average molecular weight is 184 g/mol. The predicted molar refractivity (Wildman–Crippen MR) is 37.6 cm³/mol. The SMILES string of the molecule is O=C1N=C2NC(=O)NC(=O)[C@]2(O)N1. The van der Waals surface area contributed by atoms with Gasteiger partial charge in [-0.3, -0.25) is 20.7 Å².